The molecular weight excluding hydrogens is 358 g/mol. The van der Waals surface area contributed by atoms with E-state index in [1.54, 1.807) is 52.3 Å². The molecule has 1 saturated heterocycles. The summed E-state index contributed by atoms with van der Waals surface area (Å²) < 4.78 is 11.2. The van der Waals surface area contributed by atoms with Gasteiger partial charge >= 0.3 is 0 Å². The van der Waals surface area contributed by atoms with Crippen molar-refractivity contribution in [2.45, 2.75) is 6.10 Å². The molecule has 0 N–H and O–H groups in total. The molecule has 0 aromatic heterocycles. The number of morpholine rings is 1. The fourth-order valence-corrected chi connectivity index (χ4v) is 3.42. The molecule has 0 spiro atoms. The van der Waals surface area contributed by atoms with Gasteiger partial charge in [0.25, 0.3) is 11.8 Å². The highest BCUT2D eigenvalue weighted by molar-refractivity contribution is 6.08. The highest BCUT2D eigenvalue weighted by Gasteiger charge is 2.36. The van der Waals surface area contributed by atoms with Gasteiger partial charge in [0.1, 0.15) is 5.75 Å². The average Bonchev–Trinajstić information content (AvgIpc) is 2.78. The fraction of sp³-hybridized carbons (Fsp3) is 0.286. The van der Waals surface area contributed by atoms with E-state index in [1.165, 1.54) is 0 Å². The molecule has 0 aliphatic carbocycles. The molecule has 2 aromatic rings. The maximum atomic E-state index is 13.2. The van der Waals surface area contributed by atoms with E-state index in [1.807, 2.05) is 12.1 Å². The summed E-state index contributed by atoms with van der Waals surface area (Å²) in [5, 5.41) is 9.12. The van der Waals surface area contributed by atoms with Crippen molar-refractivity contribution in [3.05, 3.63) is 59.7 Å². The SMILES string of the molecule is N#Cc1cccc(C(=O)N2C[C@@H](C(=O)N3CCOCC3)Oc3ccccc32)c1. The van der Waals surface area contributed by atoms with Crippen LogP contribution in [-0.4, -0.2) is 55.7 Å². The molecule has 0 saturated carbocycles. The molecule has 142 valence electrons. The van der Waals surface area contributed by atoms with Gasteiger partial charge < -0.3 is 19.3 Å². The summed E-state index contributed by atoms with van der Waals surface area (Å²) in [7, 11) is 0. The Kier molecular flexibility index (Phi) is 4.96. The molecule has 7 nitrogen and oxygen atoms in total. The quantitative estimate of drug-likeness (QED) is 0.797. The van der Waals surface area contributed by atoms with Crippen LogP contribution in [0.1, 0.15) is 15.9 Å². The van der Waals surface area contributed by atoms with E-state index < -0.39 is 6.10 Å². The number of carbonyl (C=O) groups excluding carboxylic acids is 2. The average molecular weight is 377 g/mol. The van der Waals surface area contributed by atoms with Gasteiger partial charge in [0.15, 0.2) is 6.10 Å². The number of benzene rings is 2. The molecule has 2 aromatic carbocycles. The number of rotatable bonds is 2. The largest absolute Gasteiger partial charge is 0.476 e. The van der Waals surface area contributed by atoms with Gasteiger partial charge in [-0.15, -0.1) is 0 Å². The third-order valence-electron chi connectivity index (χ3n) is 4.86. The molecule has 0 radical (unpaired) electrons. The minimum absolute atomic E-state index is 0.114. The maximum Gasteiger partial charge on any atom is 0.265 e. The molecule has 2 aliphatic rings. The molecule has 4 rings (SSSR count). The van der Waals surface area contributed by atoms with E-state index >= 15 is 0 Å². The first-order valence-electron chi connectivity index (χ1n) is 9.11. The van der Waals surface area contributed by atoms with Crippen LogP contribution in [0, 0.1) is 11.3 Å². The Balaban J connectivity index is 1.64. The maximum absolute atomic E-state index is 13.2. The zero-order valence-corrected chi connectivity index (χ0v) is 15.2. The Morgan fingerprint density at radius 3 is 2.64 bits per heavy atom. The second-order valence-corrected chi connectivity index (χ2v) is 6.62. The predicted octanol–water partition coefficient (Wildman–Crippen LogP) is 1.82. The Morgan fingerprint density at radius 1 is 1.07 bits per heavy atom. The Bertz CT molecular complexity index is 947. The first-order valence-corrected chi connectivity index (χ1v) is 9.11. The number of hydrogen-bond acceptors (Lipinski definition) is 5. The Labute approximate surface area is 162 Å². The number of carbonyl (C=O) groups is 2. The molecule has 2 amide bonds. The molecule has 2 heterocycles. The number of para-hydroxylation sites is 2. The third kappa shape index (κ3) is 3.42. The molecule has 7 heteroatoms. The van der Waals surface area contributed by atoms with Gasteiger partial charge in [-0.2, -0.15) is 5.26 Å². The van der Waals surface area contributed by atoms with Crippen LogP contribution in [0.3, 0.4) is 0 Å². The highest BCUT2D eigenvalue weighted by atomic mass is 16.5. The monoisotopic (exact) mass is 377 g/mol. The summed E-state index contributed by atoms with van der Waals surface area (Å²) >= 11 is 0. The minimum atomic E-state index is -0.781. The summed E-state index contributed by atoms with van der Waals surface area (Å²) in [5.41, 5.74) is 1.42. The lowest BCUT2D eigenvalue weighted by molar-refractivity contribution is -0.142. The first-order chi connectivity index (χ1) is 13.7. The van der Waals surface area contributed by atoms with E-state index in [0.717, 1.165) is 0 Å². The normalized spacial score (nSPS) is 18.6. The molecule has 0 unspecified atom stereocenters. The summed E-state index contributed by atoms with van der Waals surface area (Å²) in [6.45, 7) is 2.14. The van der Waals surface area contributed by atoms with Crippen molar-refractivity contribution >= 4 is 17.5 Å². The molecule has 28 heavy (non-hydrogen) atoms. The van der Waals surface area contributed by atoms with E-state index in [0.29, 0.717) is 48.9 Å². The van der Waals surface area contributed by atoms with E-state index in [-0.39, 0.29) is 18.4 Å². The van der Waals surface area contributed by atoms with Crippen LogP contribution in [0.4, 0.5) is 5.69 Å². The third-order valence-corrected chi connectivity index (χ3v) is 4.86. The van der Waals surface area contributed by atoms with Crippen LogP contribution in [-0.2, 0) is 9.53 Å². The van der Waals surface area contributed by atoms with E-state index in [9.17, 15) is 9.59 Å². The summed E-state index contributed by atoms with van der Waals surface area (Å²) in [4.78, 5) is 29.4. The van der Waals surface area contributed by atoms with Crippen LogP contribution in [0.2, 0.25) is 0 Å². The summed E-state index contributed by atoms with van der Waals surface area (Å²) in [5.74, 6) is 0.0687. The van der Waals surface area contributed by atoms with Crippen molar-refractivity contribution in [1.29, 1.82) is 5.26 Å². The smallest absolute Gasteiger partial charge is 0.265 e. The van der Waals surface area contributed by atoms with Crippen LogP contribution in [0.25, 0.3) is 0 Å². The number of ether oxygens (including phenoxy) is 2. The lowest BCUT2D eigenvalue weighted by atomic mass is 10.1. The lowest BCUT2D eigenvalue weighted by Crippen LogP contribution is -2.54. The molecule has 1 atom stereocenters. The second kappa shape index (κ2) is 7.71. The van der Waals surface area contributed by atoms with Gasteiger partial charge in [-0.1, -0.05) is 18.2 Å². The molecular formula is C21H19N3O4. The first kappa shape index (κ1) is 18.0. The van der Waals surface area contributed by atoms with Crippen molar-refractivity contribution in [1.82, 2.24) is 4.90 Å². The van der Waals surface area contributed by atoms with E-state index in [4.69, 9.17) is 14.7 Å². The van der Waals surface area contributed by atoms with Crippen LogP contribution in [0.5, 0.6) is 5.75 Å². The Hall–Kier alpha value is -3.37. The van der Waals surface area contributed by atoms with Gasteiger partial charge in [-0.05, 0) is 30.3 Å². The van der Waals surface area contributed by atoms with Crippen molar-refractivity contribution in [2.75, 3.05) is 37.7 Å². The fourth-order valence-electron chi connectivity index (χ4n) is 3.42. The standard InChI is InChI=1S/C21H19N3O4/c22-13-15-4-3-5-16(12-15)20(25)24-14-19(21(26)23-8-10-27-11-9-23)28-18-7-2-1-6-17(18)24/h1-7,12,19H,8-11,14H2/t19-/m0/s1. The predicted molar refractivity (Wildman–Crippen MR) is 101 cm³/mol. The number of nitriles is 1. The second-order valence-electron chi connectivity index (χ2n) is 6.62. The van der Waals surface area contributed by atoms with Crippen LogP contribution in [0.15, 0.2) is 48.5 Å². The van der Waals surface area contributed by atoms with Crippen LogP contribution < -0.4 is 9.64 Å². The topological polar surface area (TPSA) is 82.9 Å². The number of nitrogens with zero attached hydrogens (tertiary/aromatic N) is 3. The lowest BCUT2D eigenvalue weighted by Gasteiger charge is -2.37. The molecule has 1 fully saturated rings. The van der Waals surface area contributed by atoms with Crippen LogP contribution >= 0.6 is 0 Å². The molecule has 0 bridgehead atoms. The summed E-state index contributed by atoms with van der Waals surface area (Å²) in [6, 6.07) is 15.8. The van der Waals surface area contributed by atoms with Gasteiger partial charge in [-0.3, -0.25) is 9.59 Å². The zero-order valence-electron chi connectivity index (χ0n) is 15.2. The number of anilines is 1. The zero-order chi connectivity index (χ0) is 19.5. The van der Waals surface area contributed by atoms with Gasteiger partial charge in [0.2, 0.25) is 0 Å². The van der Waals surface area contributed by atoms with Gasteiger partial charge in [0.05, 0.1) is 37.1 Å². The number of hydrogen-bond donors (Lipinski definition) is 0. The van der Waals surface area contributed by atoms with Crippen molar-refractivity contribution < 1.29 is 19.1 Å². The molecule has 2 aliphatic heterocycles. The van der Waals surface area contributed by atoms with Crippen molar-refractivity contribution in [3.63, 3.8) is 0 Å². The van der Waals surface area contributed by atoms with E-state index in [2.05, 4.69) is 0 Å². The number of fused-ring (bicyclic) bond motifs is 1. The summed E-state index contributed by atoms with van der Waals surface area (Å²) in [6.07, 6.45) is -0.781. The van der Waals surface area contributed by atoms with Crippen molar-refractivity contribution in [3.8, 4) is 11.8 Å². The number of amides is 2. The Morgan fingerprint density at radius 2 is 1.86 bits per heavy atom. The van der Waals surface area contributed by atoms with Crippen molar-refractivity contribution in [2.24, 2.45) is 0 Å². The highest BCUT2D eigenvalue weighted by Crippen LogP contribution is 2.34. The minimum Gasteiger partial charge on any atom is -0.476 e. The van der Waals surface area contributed by atoms with Gasteiger partial charge in [-0.25, -0.2) is 0 Å². The van der Waals surface area contributed by atoms with Gasteiger partial charge in [0, 0.05) is 18.7 Å².